The number of aromatic nitrogens is 2. The topological polar surface area (TPSA) is 56.1 Å². The first-order valence-electron chi connectivity index (χ1n) is 7.33. The standard InChI is InChI=1S/C17H14F3N3O2/c1-25-13-7-11(17(18,19)20)6-12(8-13)22-16(24)9-23-10-21-14-4-2-3-5-15(14)23/h2-8,10H,9H2,1H3,(H,22,24). The number of carbonyl (C=O) groups excluding carboxylic acids is 1. The fourth-order valence-corrected chi connectivity index (χ4v) is 2.44. The maximum absolute atomic E-state index is 12.9. The Bertz CT molecular complexity index is 919. The summed E-state index contributed by atoms with van der Waals surface area (Å²) in [6.07, 6.45) is -3.02. The van der Waals surface area contributed by atoms with Crippen LogP contribution in [0.15, 0.2) is 48.8 Å². The predicted octanol–water partition coefficient (Wildman–Crippen LogP) is 3.70. The molecule has 130 valence electrons. The van der Waals surface area contributed by atoms with Crippen molar-refractivity contribution in [3.63, 3.8) is 0 Å². The largest absolute Gasteiger partial charge is 0.497 e. The fourth-order valence-electron chi connectivity index (χ4n) is 2.44. The second kappa shape index (κ2) is 6.46. The number of ether oxygens (including phenoxy) is 1. The minimum atomic E-state index is -4.53. The maximum atomic E-state index is 12.9. The molecule has 0 saturated heterocycles. The van der Waals surface area contributed by atoms with Crippen molar-refractivity contribution in [3.8, 4) is 5.75 Å². The normalized spacial score (nSPS) is 11.5. The Balaban J connectivity index is 1.81. The van der Waals surface area contributed by atoms with Crippen LogP contribution in [0, 0.1) is 0 Å². The minimum absolute atomic E-state index is 0.0122. The molecule has 0 aliphatic rings. The van der Waals surface area contributed by atoms with E-state index in [2.05, 4.69) is 10.3 Å². The molecule has 1 N–H and O–H groups in total. The number of carbonyl (C=O) groups is 1. The summed E-state index contributed by atoms with van der Waals surface area (Å²) in [6.45, 7) is -0.0704. The smallest absolute Gasteiger partial charge is 0.416 e. The van der Waals surface area contributed by atoms with Crippen LogP contribution in [0.3, 0.4) is 0 Å². The lowest BCUT2D eigenvalue weighted by Gasteiger charge is -2.13. The molecule has 0 bridgehead atoms. The molecule has 2 aromatic carbocycles. The summed E-state index contributed by atoms with van der Waals surface area (Å²) in [7, 11) is 1.26. The molecule has 1 aromatic heterocycles. The number of alkyl halides is 3. The van der Waals surface area contributed by atoms with Crippen molar-refractivity contribution in [2.75, 3.05) is 12.4 Å². The molecule has 0 fully saturated rings. The number of rotatable bonds is 4. The van der Waals surface area contributed by atoms with Gasteiger partial charge in [0.25, 0.3) is 0 Å². The van der Waals surface area contributed by atoms with Crippen LogP contribution in [-0.2, 0) is 17.5 Å². The van der Waals surface area contributed by atoms with Crippen LogP contribution in [-0.4, -0.2) is 22.6 Å². The summed E-state index contributed by atoms with van der Waals surface area (Å²) < 4.78 is 45.3. The second-order valence-electron chi connectivity index (χ2n) is 5.36. The third-order valence-electron chi connectivity index (χ3n) is 3.59. The van der Waals surface area contributed by atoms with E-state index in [1.165, 1.54) is 19.5 Å². The van der Waals surface area contributed by atoms with Crippen molar-refractivity contribution in [2.45, 2.75) is 12.7 Å². The van der Waals surface area contributed by atoms with Crippen LogP contribution in [0.1, 0.15) is 5.56 Å². The number of fused-ring (bicyclic) bond motifs is 1. The summed E-state index contributed by atoms with van der Waals surface area (Å²) in [6, 6.07) is 10.3. The van der Waals surface area contributed by atoms with Crippen LogP contribution < -0.4 is 10.1 Å². The third-order valence-corrected chi connectivity index (χ3v) is 3.59. The Morgan fingerprint density at radius 3 is 2.72 bits per heavy atom. The number of para-hydroxylation sites is 2. The number of nitrogens with one attached hydrogen (secondary N) is 1. The lowest BCUT2D eigenvalue weighted by Crippen LogP contribution is -2.18. The first-order chi connectivity index (χ1) is 11.9. The lowest BCUT2D eigenvalue weighted by molar-refractivity contribution is -0.137. The van der Waals surface area contributed by atoms with E-state index in [-0.39, 0.29) is 18.0 Å². The molecule has 0 aliphatic carbocycles. The third kappa shape index (κ3) is 3.73. The zero-order valence-electron chi connectivity index (χ0n) is 13.2. The van der Waals surface area contributed by atoms with Gasteiger partial charge in [-0.05, 0) is 24.3 Å². The van der Waals surface area contributed by atoms with Gasteiger partial charge in [-0.3, -0.25) is 4.79 Å². The zero-order valence-corrected chi connectivity index (χ0v) is 13.2. The molecule has 0 aliphatic heterocycles. The first-order valence-corrected chi connectivity index (χ1v) is 7.33. The van der Waals surface area contributed by atoms with E-state index in [4.69, 9.17) is 4.74 Å². The van der Waals surface area contributed by atoms with Crippen molar-refractivity contribution in [3.05, 3.63) is 54.4 Å². The predicted molar refractivity (Wildman–Crippen MR) is 86.4 cm³/mol. The number of benzene rings is 2. The number of hydrogen-bond donors (Lipinski definition) is 1. The molecule has 0 atom stereocenters. The average molecular weight is 349 g/mol. The molecule has 1 heterocycles. The Labute approximate surface area is 141 Å². The van der Waals surface area contributed by atoms with Crippen molar-refractivity contribution in [1.29, 1.82) is 0 Å². The molecular formula is C17H14F3N3O2. The summed E-state index contributed by atoms with van der Waals surface area (Å²) in [5.74, 6) is -0.456. The number of anilines is 1. The number of hydrogen-bond acceptors (Lipinski definition) is 3. The van der Waals surface area contributed by atoms with Gasteiger partial charge in [-0.1, -0.05) is 12.1 Å². The van der Waals surface area contributed by atoms with E-state index in [9.17, 15) is 18.0 Å². The second-order valence-corrected chi connectivity index (χ2v) is 5.36. The van der Waals surface area contributed by atoms with Gasteiger partial charge in [0.15, 0.2) is 0 Å². The van der Waals surface area contributed by atoms with Crippen LogP contribution in [0.5, 0.6) is 5.75 Å². The molecule has 1 amide bonds. The van der Waals surface area contributed by atoms with E-state index in [0.717, 1.165) is 23.2 Å². The SMILES string of the molecule is COc1cc(NC(=O)Cn2cnc3ccccc32)cc(C(F)(F)F)c1. The summed E-state index contributed by atoms with van der Waals surface area (Å²) in [5, 5.41) is 2.46. The first kappa shape index (κ1) is 16.8. The number of imidazole rings is 1. The minimum Gasteiger partial charge on any atom is -0.497 e. The highest BCUT2D eigenvalue weighted by atomic mass is 19.4. The van der Waals surface area contributed by atoms with Crippen LogP contribution >= 0.6 is 0 Å². The molecule has 0 unspecified atom stereocenters. The number of halogens is 3. The number of methoxy groups -OCH3 is 1. The van der Waals surface area contributed by atoms with Crippen molar-refractivity contribution in [1.82, 2.24) is 9.55 Å². The van der Waals surface area contributed by atoms with Gasteiger partial charge in [0.05, 0.1) is 30.0 Å². The highest BCUT2D eigenvalue weighted by Crippen LogP contribution is 2.34. The molecule has 5 nitrogen and oxygen atoms in total. The molecular weight excluding hydrogens is 335 g/mol. The summed E-state index contributed by atoms with van der Waals surface area (Å²) in [4.78, 5) is 16.4. The van der Waals surface area contributed by atoms with Gasteiger partial charge in [-0.15, -0.1) is 0 Å². The van der Waals surface area contributed by atoms with Gasteiger partial charge < -0.3 is 14.6 Å². The van der Waals surface area contributed by atoms with E-state index >= 15 is 0 Å². The summed E-state index contributed by atoms with van der Waals surface area (Å²) in [5.41, 5.74) is 0.617. The Hall–Kier alpha value is -3.03. The van der Waals surface area contributed by atoms with Gasteiger partial charge in [0, 0.05) is 11.8 Å². The molecule has 8 heteroatoms. The van der Waals surface area contributed by atoms with E-state index < -0.39 is 17.6 Å². The van der Waals surface area contributed by atoms with Gasteiger partial charge >= 0.3 is 6.18 Å². The maximum Gasteiger partial charge on any atom is 0.416 e. The van der Waals surface area contributed by atoms with Gasteiger partial charge in [0.2, 0.25) is 5.91 Å². The van der Waals surface area contributed by atoms with Crippen molar-refractivity contribution in [2.24, 2.45) is 0 Å². The number of amides is 1. The van der Waals surface area contributed by atoms with Gasteiger partial charge in [0.1, 0.15) is 12.3 Å². The van der Waals surface area contributed by atoms with Crippen molar-refractivity contribution < 1.29 is 22.7 Å². The monoisotopic (exact) mass is 349 g/mol. The lowest BCUT2D eigenvalue weighted by atomic mass is 10.1. The molecule has 0 saturated carbocycles. The Kier molecular flexibility index (Phi) is 4.35. The Morgan fingerprint density at radius 2 is 2.00 bits per heavy atom. The van der Waals surface area contributed by atoms with E-state index in [0.29, 0.717) is 0 Å². The molecule has 3 aromatic rings. The van der Waals surface area contributed by atoms with Crippen LogP contribution in [0.25, 0.3) is 11.0 Å². The quantitative estimate of drug-likeness (QED) is 0.781. The summed E-state index contributed by atoms with van der Waals surface area (Å²) >= 11 is 0. The van der Waals surface area contributed by atoms with E-state index in [1.54, 1.807) is 10.6 Å². The zero-order chi connectivity index (χ0) is 18.0. The van der Waals surface area contributed by atoms with Crippen LogP contribution in [0.4, 0.5) is 18.9 Å². The van der Waals surface area contributed by atoms with Gasteiger partial charge in [-0.25, -0.2) is 4.98 Å². The van der Waals surface area contributed by atoms with E-state index in [1.807, 2.05) is 18.2 Å². The molecule has 3 rings (SSSR count). The number of nitrogens with zero attached hydrogens (tertiary/aromatic N) is 2. The van der Waals surface area contributed by atoms with Crippen LogP contribution in [0.2, 0.25) is 0 Å². The highest BCUT2D eigenvalue weighted by molar-refractivity contribution is 5.92. The average Bonchev–Trinajstić information content (AvgIpc) is 2.96. The Morgan fingerprint density at radius 1 is 1.24 bits per heavy atom. The molecule has 0 spiro atoms. The fraction of sp³-hybridized carbons (Fsp3) is 0.176. The molecule has 25 heavy (non-hydrogen) atoms. The molecule has 0 radical (unpaired) electrons. The highest BCUT2D eigenvalue weighted by Gasteiger charge is 2.31. The van der Waals surface area contributed by atoms with Gasteiger partial charge in [-0.2, -0.15) is 13.2 Å². The van der Waals surface area contributed by atoms with Crippen molar-refractivity contribution >= 4 is 22.6 Å².